The molecule has 0 aliphatic rings. The third-order valence-corrected chi connectivity index (χ3v) is 3.45. The summed E-state index contributed by atoms with van der Waals surface area (Å²) in [6.07, 6.45) is 0.691. The van der Waals surface area contributed by atoms with Gasteiger partial charge in [0.15, 0.2) is 0 Å². The van der Waals surface area contributed by atoms with Crippen LogP contribution in [0.4, 0.5) is 4.79 Å². The molecular weight excluding hydrogens is 330 g/mol. The number of rotatable bonds is 7. The average Bonchev–Trinajstić information content (AvgIpc) is 2.31. The van der Waals surface area contributed by atoms with E-state index in [4.69, 9.17) is 10.5 Å². The highest BCUT2D eigenvalue weighted by molar-refractivity contribution is 5.80. The predicted molar refractivity (Wildman–Crippen MR) is 107 cm³/mol. The van der Waals surface area contributed by atoms with Crippen LogP contribution in [-0.4, -0.2) is 29.7 Å². The van der Waals surface area contributed by atoms with Crippen molar-refractivity contribution in [3.8, 4) is 0 Å². The Morgan fingerprint density at radius 1 is 0.885 bits per heavy atom. The van der Waals surface area contributed by atoms with Crippen LogP contribution in [-0.2, 0) is 9.53 Å². The SMILES string of the molecule is C=C(N[C@@H](CC(C)(C)C)C(N)=O)[C@H](CC(C)(C)C)NC(=O)OC(C)(C)C. The highest BCUT2D eigenvalue weighted by atomic mass is 16.6. The van der Waals surface area contributed by atoms with Crippen molar-refractivity contribution in [2.45, 2.75) is 92.8 Å². The molecular formula is C20H39N3O3. The number of carbonyl (C=O) groups is 2. The monoisotopic (exact) mass is 369 g/mol. The lowest BCUT2D eigenvalue weighted by Gasteiger charge is -2.32. The van der Waals surface area contributed by atoms with E-state index in [0.29, 0.717) is 18.5 Å². The van der Waals surface area contributed by atoms with E-state index >= 15 is 0 Å². The Kier molecular flexibility index (Phi) is 8.20. The molecule has 0 saturated heterocycles. The van der Waals surface area contributed by atoms with Crippen LogP contribution < -0.4 is 16.4 Å². The van der Waals surface area contributed by atoms with Crippen LogP contribution in [0.15, 0.2) is 12.3 Å². The first kappa shape index (κ1) is 24.3. The normalized spacial score (nSPS) is 15.0. The maximum Gasteiger partial charge on any atom is 0.408 e. The van der Waals surface area contributed by atoms with Crippen LogP contribution in [0.1, 0.15) is 75.2 Å². The molecule has 0 heterocycles. The summed E-state index contributed by atoms with van der Waals surface area (Å²) in [5.41, 5.74) is 5.38. The third-order valence-electron chi connectivity index (χ3n) is 3.45. The molecule has 0 aromatic carbocycles. The summed E-state index contributed by atoms with van der Waals surface area (Å²) < 4.78 is 5.36. The largest absolute Gasteiger partial charge is 0.444 e. The van der Waals surface area contributed by atoms with Gasteiger partial charge < -0.3 is 21.1 Å². The van der Waals surface area contributed by atoms with Gasteiger partial charge in [-0.05, 0) is 44.4 Å². The molecule has 0 unspecified atom stereocenters. The smallest absolute Gasteiger partial charge is 0.408 e. The van der Waals surface area contributed by atoms with Crippen LogP contribution in [0, 0.1) is 10.8 Å². The lowest BCUT2D eigenvalue weighted by molar-refractivity contribution is -0.120. The van der Waals surface area contributed by atoms with Gasteiger partial charge in [0.05, 0.1) is 6.04 Å². The number of nitrogens with two attached hydrogens (primary N) is 1. The maximum absolute atomic E-state index is 12.2. The molecule has 2 atom stereocenters. The molecule has 0 aromatic rings. The number of carbonyl (C=O) groups excluding carboxylic acids is 2. The summed E-state index contributed by atoms with van der Waals surface area (Å²) in [6.45, 7) is 21.8. The average molecular weight is 370 g/mol. The maximum atomic E-state index is 12.2. The van der Waals surface area contributed by atoms with E-state index < -0.39 is 23.6 Å². The second kappa shape index (κ2) is 8.78. The van der Waals surface area contributed by atoms with Crippen molar-refractivity contribution in [3.63, 3.8) is 0 Å². The molecule has 0 aromatic heterocycles. The van der Waals surface area contributed by atoms with Crippen LogP contribution in [0.25, 0.3) is 0 Å². The standard InChI is InChI=1S/C20H39N3O3/c1-13(22-15(16(21)24)12-19(5,6)7)14(11-18(2,3)4)23-17(25)26-20(8,9)10/h14-15,22H,1,11-12H2,2-10H3,(H2,21,24)(H,23,25)/t14-,15-/m0/s1. The van der Waals surface area contributed by atoms with E-state index in [1.807, 2.05) is 41.5 Å². The van der Waals surface area contributed by atoms with Crippen LogP contribution in [0.5, 0.6) is 0 Å². The first-order valence-corrected chi connectivity index (χ1v) is 9.14. The summed E-state index contributed by atoms with van der Waals surface area (Å²) in [5, 5.41) is 5.99. The van der Waals surface area contributed by atoms with Gasteiger partial charge in [-0.1, -0.05) is 48.1 Å². The minimum Gasteiger partial charge on any atom is -0.444 e. The fourth-order valence-corrected chi connectivity index (χ4v) is 2.48. The Balaban J connectivity index is 5.25. The van der Waals surface area contributed by atoms with E-state index in [1.165, 1.54) is 0 Å². The Labute approximate surface area is 159 Å². The molecule has 0 rings (SSSR count). The molecule has 0 aliphatic heterocycles. The number of alkyl carbamates (subject to hydrolysis) is 1. The lowest BCUT2D eigenvalue weighted by atomic mass is 9.85. The highest BCUT2D eigenvalue weighted by Gasteiger charge is 2.29. The fraction of sp³-hybridized carbons (Fsp3) is 0.800. The van der Waals surface area contributed by atoms with Gasteiger partial charge in [0.25, 0.3) is 0 Å². The molecule has 152 valence electrons. The van der Waals surface area contributed by atoms with Crippen molar-refractivity contribution < 1.29 is 14.3 Å². The predicted octanol–water partition coefficient (Wildman–Crippen LogP) is 3.71. The van der Waals surface area contributed by atoms with E-state index in [-0.39, 0.29) is 16.9 Å². The fourth-order valence-electron chi connectivity index (χ4n) is 2.48. The molecule has 6 nitrogen and oxygen atoms in total. The Morgan fingerprint density at radius 2 is 1.31 bits per heavy atom. The Bertz CT molecular complexity index is 508. The van der Waals surface area contributed by atoms with Crippen LogP contribution >= 0.6 is 0 Å². The quantitative estimate of drug-likeness (QED) is 0.638. The van der Waals surface area contributed by atoms with E-state index in [1.54, 1.807) is 0 Å². The molecule has 6 heteroatoms. The zero-order valence-electron chi connectivity index (χ0n) is 18.1. The molecule has 0 aliphatic carbocycles. The summed E-state index contributed by atoms with van der Waals surface area (Å²) in [6, 6.07) is -0.933. The minimum absolute atomic E-state index is 0.0590. The Hall–Kier alpha value is -1.72. The van der Waals surface area contributed by atoms with Crippen molar-refractivity contribution in [2.75, 3.05) is 0 Å². The first-order valence-electron chi connectivity index (χ1n) is 9.14. The van der Waals surface area contributed by atoms with Crippen molar-refractivity contribution in [1.29, 1.82) is 0 Å². The van der Waals surface area contributed by atoms with Gasteiger partial charge in [-0.15, -0.1) is 0 Å². The number of amides is 2. The lowest BCUT2D eigenvalue weighted by Crippen LogP contribution is -2.49. The van der Waals surface area contributed by atoms with Gasteiger partial charge >= 0.3 is 6.09 Å². The van der Waals surface area contributed by atoms with E-state index in [0.717, 1.165) is 0 Å². The van der Waals surface area contributed by atoms with E-state index in [2.05, 4.69) is 38.0 Å². The van der Waals surface area contributed by atoms with Gasteiger partial charge in [0, 0.05) is 5.70 Å². The minimum atomic E-state index is -0.590. The molecule has 0 spiro atoms. The number of hydrogen-bond donors (Lipinski definition) is 3. The summed E-state index contributed by atoms with van der Waals surface area (Å²) >= 11 is 0. The van der Waals surface area contributed by atoms with Crippen molar-refractivity contribution in [3.05, 3.63) is 12.3 Å². The molecule has 4 N–H and O–H groups in total. The summed E-state index contributed by atoms with van der Waals surface area (Å²) in [4.78, 5) is 24.1. The van der Waals surface area contributed by atoms with Crippen molar-refractivity contribution >= 4 is 12.0 Å². The molecule has 0 saturated carbocycles. The third kappa shape index (κ3) is 11.8. The van der Waals surface area contributed by atoms with Gasteiger partial charge in [-0.3, -0.25) is 4.79 Å². The first-order chi connectivity index (χ1) is 11.4. The highest BCUT2D eigenvalue weighted by Crippen LogP contribution is 2.25. The van der Waals surface area contributed by atoms with E-state index in [9.17, 15) is 9.59 Å². The molecule has 0 fully saturated rings. The van der Waals surface area contributed by atoms with Crippen molar-refractivity contribution in [1.82, 2.24) is 10.6 Å². The number of hydrogen-bond acceptors (Lipinski definition) is 4. The van der Waals surface area contributed by atoms with Crippen molar-refractivity contribution in [2.24, 2.45) is 16.6 Å². The second-order valence-corrected chi connectivity index (χ2v) is 10.4. The topological polar surface area (TPSA) is 93.5 Å². The number of nitrogens with one attached hydrogen (secondary N) is 2. The van der Waals surface area contributed by atoms with Gasteiger partial charge in [0.1, 0.15) is 11.6 Å². The zero-order valence-corrected chi connectivity index (χ0v) is 18.1. The Morgan fingerprint density at radius 3 is 1.65 bits per heavy atom. The zero-order chi connectivity index (χ0) is 20.9. The molecule has 0 radical (unpaired) electrons. The number of ether oxygens (including phenoxy) is 1. The molecule has 26 heavy (non-hydrogen) atoms. The second-order valence-electron chi connectivity index (χ2n) is 10.4. The van der Waals surface area contributed by atoms with Crippen LogP contribution in [0.2, 0.25) is 0 Å². The summed E-state index contributed by atoms with van der Waals surface area (Å²) in [5.74, 6) is -0.437. The van der Waals surface area contributed by atoms with Gasteiger partial charge in [-0.25, -0.2) is 4.79 Å². The van der Waals surface area contributed by atoms with Crippen LogP contribution in [0.3, 0.4) is 0 Å². The molecule has 2 amide bonds. The van der Waals surface area contributed by atoms with Gasteiger partial charge in [0.2, 0.25) is 5.91 Å². The summed E-state index contributed by atoms with van der Waals surface area (Å²) in [7, 11) is 0. The van der Waals surface area contributed by atoms with Gasteiger partial charge in [-0.2, -0.15) is 0 Å². The molecule has 0 bridgehead atoms. The number of primary amides is 1.